The summed E-state index contributed by atoms with van der Waals surface area (Å²) >= 11 is 0. The van der Waals surface area contributed by atoms with Gasteiger partial charge < -0.3 is 10.0 Å². The van der Waals surface area contributed by atoms with E-state index in [1.165, 1.54) is 0 Å². The van der Waals surface area contributed by atoms with Crippen LogP contribution >= 0.6 is 0 Å². The van der Waals surface area contributed by atoms with Crippen LogP contribution in [-0.2, 0) is 15.0 Å². The Morgan fingerprint density at radius 2 is 1.90 bits per heavy atom. The van der Waals surface area contributed by atoms with Gasteiger partial charge in [-0.2, -0.15) is 0 Å². The van der Waals surface area contributed by atoms with E-state index in [2.05, 4.69) is 0 Å². The number of hydrogen-bond donors (Lipinski definition) is 1. The van der Waals surface area contributed by atoms with Crippen LogP contribution in [-0.4, -0.2) is 35.0 Å². The molecule has 1 aliphatic rings. The predicted octanol–water partition coefficient (Wildman–Crippen LogP) is 2.68. The number of aliphatic carboxylic acids is 1. The molecule has 1 aromatic carbocycles. The van der Waals surface area contributed by atoms with E-state index in [4.69, 9.17) is 0 Å². The maximum absolute atomic E-state index is 12.8. The molecule has 4 nitrogen and oxygen atoms in total. The maximum Gasteiger partial charge on any atom is 0.311 e. The molecule has 0 aliphatic carbocycles. The predicted molar refractivity (Wildman–Crippen MR) is 81.0 cm³/mol. The van der Waals surface area contributed by atoms with Crippen molar-refractivity contribution in [2.75, 3.05) is 13.1 Å². The number of nitrogens with zero attached hydrogens (tertiary/aromatic N) is 1. The number of hydrogen-bond acceptors (Lipinski definition) is 2. The van der Waals surface area contributed by atoms with Crippen molar-refractivity contribution in [3.63, 3.8) is 0 Å². The Morgan fingerprint density at radius 1 is 1.29 bits per heavy atom. The van der Waals surface area contributed by atoms with Gasteiger partial charge >= 0.3 is 5.97 Å². The molecule has 1 heterocycles. The largest absolute Gasteiger partial charge is 0.481 e. The van der Waals surface area contributed by atoms with E-state index >= 15 is 0 Å². The number of rotatable bonds is 4. The molecule has 0 aromatic heterocycles. The molecule has 0 saturated carbocycles. The van der Waals surface area contributed by atoms with Gasteiger partial charge in [0.1, 0.15) is 0 Å². The van der Waals surface area contributed by atoms with E-state index in [1.807, 2.05) is 51.1 Å². The first-order valence-electron chi connectivity index (χ1n) is 7.42. The highest BCUT2D eigenvalue weighted by atomic mass is 16.4. The lowest BCUT2D eigenvalue weighted by Gasteiger charge is -2.31. The molecule has 1 N–H and O–H groups in total. The van der Waals surface area contributed by atoms with Crippen LogP contribution in [0.5, 0.6) is 0 Å². The van der Waals surface area contributed by atoms with Gasteiger partial charge in [-0.05, 0) is 32.3 Å². The molecule has 1 amide bonds. The van der Waals surface area contributed by atoms with Crippen LogP contribution < -0.4 is 0 Å². The normalized spacial score (nSPS) is 22.3. The number of carboxylic acids is 1. The molecule has 21 heavy (non-hydrogen) atoms. The molecule has 4 heteroatoms. The van der Waals surface area contributed by atoms with Crippen molar-refractivity contribution < 1.29 is 14.7 Å². The lowest BCUT2D eigenvalue weighted by molar-refractivity contribution is -0.149. The third kappa shape index (κ3) is 2.67. The van der Waals surface area contributed by atoms with E-state index in [0.717, 1.165) is 5.56 Å². The molecular formula is C17H23NO3. The molecule has 0 bridgehead atoms. The summed E-state index contributed by atoms with van der Waals surface area (Å²) in [6, 6.07) is 9.65. The van der Waals surface area contributed by atoms with E-state index in [9.17, 15) is 14.7 Å². The lowest BCUT2D eigenvalue weighted by atomic mass is 9.82. The Labute approximate surface area is 125 Å². The van der Waals surface area contributed by atoms with E-state index in [-0.39, 0.29) is 5.91 Å². The summed E-state index contributed by atoms with van der Waals surface area (Å²) in [7, 11) is 0. The number of benzene rings is 1. The molecule has 2 rings (SSSR count). The van der Waals surface area contributed by atoms with Gasteiger partial charge in [-0.1, -0.05) is 37.3 Å². The highest BCUT2D eigenvalue weighted by Gasteiger charge is 2.47. The van der Waals surface area contributed by atoms with Gasteiger partial charge in [0.15, 0.2) is 0 Å². The van der Waals surface area contributed by atoms with Crippen LogP contribution in [0.25, 0.3) is 0 Å². The molecule has 0 radical (unpaired) electrons. The number of carboxylic acid groups (broad SMARTS) is 1. The first-order valence-corrected chi connectivity index (χ1v) is 7.42. The second-order valence-electron chi connectivity index (χ2n) is 6.41. The molecule has 1 saturated heterocycles. The molecular weight excluding hydrogens is 266 g/mol. The fourth-order valence-corrected chi connectivity index (χ4v) is 3.03. The Hall–Kier alpha value is -1.84. The second-order valence-corrected chi connectivity index (χ2v) is 6.41. The summed E-state index contributed by atoms with van der Waals surface area (Å²) < 4.78 is 0. The summed E-state index contributed by atoms with van der Waals surface area (Å²) in [5, 5.41) is 9.45. The first kappa shape index (κ1) is 15.5. The van der Waals surface area contributed by atoms with Crippen LogP contribution in [0, 0.1) is 5.41 Å². The van der Waals surface area contributed by atoms with E-state index in [1.54, 1.807) is 4.90 Å². The quantitative estimate of drug-likeness (QED) is 0.927. The smallest absolute Gasteiger partial charge is 0.311 e. The first-order chi connectivity index (χ1) is 9.83. The number of likely N-dealkylation sites (tertiary alicyclic amines) is 1. The Bertz CT molecular complexity index is 538. The third-order valence-corrected chi connectivity index (χ3v) is 4.80. The molecule has 1 fully saturated rings. The second kappa shape index (κ2) is 5.51. The lowest BCUT2D eigenvalue weighted by Crippen LogP contribution is -2.44. The fraction of sp³-hybridized carbons (Fsp3) is 0.529. The van der Waals surface area contributed by atoms with Crippen molar-refractivity contribution in [3.05, 3.63) is 35.9 Å². The van der Waals surface area contributed by atoms with Gasteiger partial charge in [-0.25, -0.2) is 0 Å². The average molecular weight is 289 g/mol. The number of carbonyl (C=O) groups excluding carboxylic acids is 1. The highest BCUT2D eigenvalue weighted by Crippen LogP contribution is 2.37. The van der Waals surface area contributed by atoms with Crippen molar-refractivity contribution >= 4 is 11.9 Å². The minimum atomic E-state index is -0.794. The zero-order chi connectivity index (χ0) is 15.7. The van der Waals surface area contributed by atoms with Gasteiger partial charge in [0.25, 0.3) is 0 Å². The van der Waals surface area contributed by atoms with Crippen molar-refractivity contribution in [2.24, 2.45) is 5.41 Å². The van der Waals surface area contributed by atoms with Crippen molar-refractivity contribution in [3.8, 4) is 0 Å². The molecule has 0 spiro atoms. The fourth-order valence-electron chi connectivity index (χ4n) is 3.03. The summed E-state index contributed by atoms with van der Waals surface area (Å²) in [4.78, 5) is 26.0. The maximum atomic E-state index is 12.8. The molecule has 1 aliphatic heterocycles. The Balaban J connectivity index is 2.20. The average Bonchev–Trinajstić information content (AvgIpc) is 2.93. The molecule has 114 valence electrons. The topological polar surface area (TPSA) is 57.6 Å². The molecule has 1 atom stereocenters. The highest BCUT2D eigenvalue weighted by molar-refractivity contribution is 5.88. The van der Waals surface area contributed by atoms with Gasteiger partial charge in [0, 0.05) is 13.1 Å². The van der Waals surface area contributed by atoms with Gasteiger partial charge in [-0.3, -0.25) is 9.59 Å². The third-order valence-electron chi connectivity index (χ3n) is 4.80. The van der Waals surface area contributed by atoms with Crippen LogP contribution in [0.15, 0.2) is 30.3 Å². The van der Waals surface area contributed by atoms with Gasteiger partial charge in [-0.15, -0.1) is 0 Å². The Kier molecular flexibility index (Phi) is 4.08. The minimum Gasteiger partial charge on any atom is -0.481 e. The van der Waals surface area contributed by atoms with Gasteiger partial charge in [0.2, 0.25) is 5.91 Å². The summed E-state index contributed by atoms with van der Waals surface area (Å²) in [5.41, 5.74) is -0.453. The zero-order valence-electron chi connectivity index (χ0n) is 12.9. The summed E-state index contributed by atoms with van der Waals surface area (Å²) in [6.07, 6.45) is 1.09. The van der Waals surface area contributed by atoms with Crippen LogP contribution in [0.4, 0.5) is 0 Å². The zero-order valence-corrected chi connectivity index (χ0v) is 12.9. The Morgan fingerprint density at radius 3 is 2.38 bits per heavy atom. The molecule has 1 aromatic rings. The summed E-state index contributed by atoms with van der Waals surface area (Å²) in [5.74, 6) is -0.789. The van der Waals surface area contributed by atoms with Crippen molar-refractivity contribution in [2.45, 2.75) is 39.0 Å². The minimum absolute atomic E-state index is 0.00488. The summed E-state index contributed by atoms with van der Waals surface area (Å²) in [6.45, 7) is 6.52. The van der Waals surface area contributed by atoms with Gasteiger partial charge in [0.05, 0.1) is 10.8 Å². The number of carbonyl (C=O) groups is 2. The van der Waals surface area contributed by atoms with E-state index in [0.29, 0.717) is 25.9 Å². The SMILES string of the molecule is CCC1(C(=O)O)CCN(C(=O)C(C)(C)c2ccccc2)C1. The van der Waals surface area contributed by atoms with Crippen LogP contribution in [0.3, 0.4) is 0 Å². The number of amides is 1. The monoisotopic (exact) mass is 289 g/mol. The van der Waals surface area contributed by atoms with Crippen LogP contribution in [0.2, 0.25) is 0 Å². The van der Waals surface area contributed by atoms with Crippen molar-refractivity contribution in [1.82, 2.24) is 4.90 Å². The van der Waals surface area contributed by atoms with Crippen molar-refractivity contribution in [1.29, 1.82) is 0 Å². The van der Waals surface area contributed by atoms with E-state index < -0.39 is 16.8 Å². The van der Waals surface area contributed by atoms with Crippen LogP contribution in [0.1, 0.15) is 39.2 Å². The standard InChI is InChI=1S/C17H23NO3/c1-4-17(15(20)21)10-11-18(12-17)14(19)16(2,3)13-8-6-5-7-9-13/h5-9H,4,10-12H2,1-3H3,(H,20,21). The molecule has 1 unspecified atom stereocenters.